The minimum absolute atomic E-state index is 0.00419. The topological polar surface area (TPSA) is 290 Å². The predicted molar refractivity (Wildman–Crippen MR) is 249 cm³/mol. The van der Waals surface area contributed by atoms with E-state index in [-0.39, 0.29) is 68.3 Å². The molecule has 5 N–H and O–H groups in total. The number of hydrogen-bond acceptors (Lipinski definition) is 17. The van der Waals surface area contributed by atoms with Crippen LogP contribution in [0.3, 0.4) is 0 Å². The van der Waals surface area contributed by atoms with E-state index >= 15 is 0 Å². The van der Waals surface area contributed by atoms with Crippen LogP contribution in [0.2, 0.25) is 0 Å². The summed E-state index contributed by atoms with van der Waals surface area (Å²) < 4.78 is 60.4. The van der Waals surface area contributed by atoms with E-state index in [1.807, 2.05) is 0 Å². The van der Waals surface area contributed by atoms with Crippen molar-refractivity contribution < 1.29 is 56.2 Å². The molecule has 1 unspecified atom stereocenters. The molecular formula is C42H52N10O13P2S. The summed E-state index contributed by atoms with van der Waals surface area (Å²) in [5.74, 6) is -0.899. The Hall–Kier alpha value is -5.55. The number of aromatic amines is 1. The Morgan fingerprint density at radius 3 is 2.59 bits per heavy atom. The predicted octanol–water partition coefficient (Wildman–Crippen LogP) is 4.78. The van der Waals surface area contributed by atoms with Gasteiger partial charge in [-0.3, -0.25) is 33.8 Å². The van der Waals surface area contributed by atoms with Crippen molar-refractivity contribution in [2.45, 2.75) is 82.8 Å². The summed E-state index contributed by atoms with van der Waals surface area (Å²) in [6, 6.07) is 15.3. The Kier molecular flexibility index (Phi) is 17.1. The van der Waals surface area contributed by atoms with E-state index < -0.39 is 63.1 Å². The molecule has 0 bridgehead atoms. The lowest BCUT2D eigenvalue weighted by molar-refractivity contribution is -0.117. The van der Waals surface area contributed by atoms with Gasteiger partial charge in [-0.05, 0) is 62.1 Å². The molecule has 8 atom stereocenters. The maximum absolute atomic E-state index is 13.4. The van der Waals surface area contributed by atoms with Gasteiger partial charge in [0.15, 0.2) is 11.2 Å². The van der Waals surface area contributed by atoms with Crippen molar-refractivity contribution in [1.82, 2.24) is 39.7 Å². The second kappa shape index (κ2) is 23.2. The van der Waals surface area contributed by atoms with Crippen LogP contribution in [0.1, 0.15) is 55.5 Å². The van der Waals surface area contributed by atoms with Crippen LogP contribution in [0.15, 0.2) is 78.2 Å². The van der Waals surface area contributed by atoms with Gasteiger partial charge in [-0.1, -0.05) is 48.6 Å². The molecule has 1 aliphatic carbocycles. The monoisotopic (exact) mass is 998 g/mol. The minimum atomic E-state index is -4.09. The second-order valence-electron chi connectivity index (χ2n) is 16.2. The fraction of sp³-hybridized carbons (Fsp3) is 0.429. The smallest absolute Gasteiger partial charge is 0.410 e. The molecule has 0 radical (unpaired) electrons. The molecule has 7 rings (SSSR count). The molecule has 3 amide bonds. The number of hydrogen-bond donors (Lipinski definition) is 6. The van der Waals surface area contributed by atoms with Crippen LogP contribution in [0.4, 0.5) is 16.4 Å². The number of amides is 3. The minimum Gasteiger partial charge on any atom is -0.474 e. The van der Waals surface area contributed by atoms with E-state index in [2.05, 4.69) is 53.1 Å². The molecule has 23 nitrogen and oxygen atoms in total. The van der Waals surface area contributed by atoms with Crippen LogP contribution in [-0.4, -0.2) is 109 Å². The molecule has 1 saturated heterocycles. The van der Waals surface area contributed by atoms with Gasteiger partial charge in [0.25, 0.3) is 5.56 Å². The van der Waals surface area contributed by atoms with E-state index in [1.54, 1.807) is 80.2 Å². The largest absolute Gasteiger partial charge is 0.474 e. The first-order valence-electron chi connectivity index (χ1n) is 21.5. The standard InChI is InChI=1S/C42H52N10O13P2S/c1-25(43-2)39(54)47-30-10-8-26(9-11-30)20-60-42(56)51(3)19-28-7-5-4-6-27(28)17-34(53)48-41-49-38-37(40(55)50-41)46-24-52(38)36-13-12-31(64-36)22-61-66(57)65-33-18-32(63-35-14-15-44-23-45-35)16-29(33)21-62-67(58,59)68/h4-11,14-15,23-25,29,31-33,36,43,66H,12-13,16-22H2,1-3H3,(H,47,54)(H2,58,59,68)(H2,48,49,50,53,55)/t25-,29+,31-,32+,33-,36+/m0/s1. The lowest BCUT2D eigenvalue weighted by Gasteiger charge is -2.20. The fourth-order valence-corrected chi connectivity index (χ4v) is 9.08. The molecule has 68 heavy (non-hydrogen) atoms. The molecule has 3 aromatic heterocycles. The first kappa shape index (κ1) is 50.3. The molecule has 4 heterocycles. The first-order chi connectivity index (χ1) is 32.6. The molecular weight excluding hydrogens is 947 g/mol. The molecule has 1 aliphatic heterocycles. The van der Waals surface area contributed by atoms with Crippen LogP contribution in [-0.2, 0) is 61.3 Å². The number of benzene rings is 2. The van der Waals surface area contributed by atoms with E-state index in [0.717, 1.165) is 5.56 Å². The zero-order chi connectivity index (χ0) is 48.4. The van der Waals surface area contributed by atoms with Gasteiger partial charge in [0.05, 0.1) is 44.2 Å². The molecule has 5 aromatic rings. The van der Waals surface area contributed by atoms with Gasteiger partial charge in [-0.2, -0.15) is 4.98 Å². The van der Waals surface area contributed by atoms with Crippen LogP contribution in [0.25, 0.3) is 11.2 Å². The summed E-state index contributed by atoms with van der Waals surface area (Å²) in [5.41, 5.74) is 2.26. The first-order valence-corrected chi connectivity index (χ1v) is 25.5. The number of likely N-dealkylation sites (N-methyl/N-ethyl adjacent to an activating group) is 1. The van der Waals surface area contributed by atoms with Crippen molar-refractivity contribution in [2.75, 3.05) is 37.9 Å². The number of thiol groups is 1. The normalized spacial score (nSPS) is 20.9. The second-order valence-corrected chi connectivity index (χ2v) is 19.9. The number of rotatable bonds is 21. The van der Waals surface area contributed by atoms with E-state index in [4.69, 9.17) is 27.8 Å². The lowest BCUT2D eigenvalue weighted by Crippen LogP contribution is -2.35. The van der Waals surface area contributed by atoms with Crippen molar-refractivity contribution >= 4 is 68.0 Å². The summed E-state index contributed by atoms with van der Waals surface area (Å²) in [4.78, 5) is 81.8. The number of anilines is 2. The highest BCUT2D eigenvalue weighted by Crippen LogP contribution is 2.49. The van der Waals surface area contributed by atoms with Gasteiger partial charge in [0.1, 0.15) is 25.3 Å². The Morgan fingerprint density at radius 2 is 1.85 bits per heavy atom. The number of fused-ring (bicyclic) bond motifs is 1. The Morgan fingerprint density at radius 1 is 1.07 bits per heavy atom. The molecule has 2 aliphatic rings. The summed E-state index contributed by atoms with van der Waals surface area (Å²) in [6.07, 6.45) is 2.96. The highest BCUT2D eigenvalue weighted by Gasteiger charge is 2.39. The van der Waals surface area contributed by atoms with Crippen molar-refractivity contribution in [3.8, 4) is 5.88 Å². The van der Waals surface area contributed by atoms with Crippen LogP contribution < -0.4 is 26.2 Å². The lowest BCUT2D eigenvalue weighted by atomic mass is 10.0. The number of imidazole rings is 1. The van der Waals surface area contributed by atoms with Gasteiger partial charge in [0, 0.05) is 43.9 Å². The van der Waals surface area contributed by atoms with E-state index in [1.165, 1.54) is 23.8 Å². The highest BCUT2D eigenvalue weighted by atomic mass is 32.7. The quantitative estimate of drug-likeness (QED) is 0.0426. The van der Waals surface area contributed by atoms with Crippen molar-refractivity contribution in [2.24, 2.45) is 5.92 Å². The van der Waals surface area contributed by atoms with Crippen molar-refractivity contribution in [1.29, 1.82) is 0 Å². The van der Waals surface area contributed by atoms with Crippen LogP contribution in [0.5, 0.6) is 5.88 Å². The number of nitrogens with zero attached hydrogens (tertiary/aromatic N) is 6. The van der Waals surface area contributed by atoms with Gasteiger partial charge < -0.3 is 48.2 Å². The number of carbonyl (C=O) groups excluding carboxylic acids is 3. The third kappa shape index (κ3) is 14.0. The molecule has 2 aromatic carbocycles. The Labute approximate surface area is 395 Å². The van der Waals surface area contributed by atoms with Gasteiger partial charge in [0.2, 0.25) is 23.6 Å². The maximum atomic E-state index is 13.4. The van der Waals surface area contributed by atoms with E-state index in [0.29, 0.717) is 42.0 Å². The average molecular weight is 999 g/mol. The fourth-order valence-electron chi connectivity index (χ4n) is 7.57. The molecule has 0 spiro atoms. The number of carbonyl (C=O) groups is 3. The zero-order valence-corrected chi connectivity index (χ0v) is 40.0. The molecule has 1 saturated carbocycles. The molecule has 364 valence electrons. The van der Waals surface area contributed by atoms with E-state index in [9.17, 15) is 33.2 Å². The number of H-pyrrole nitrogens is 1. The Bertz CT molecular complexity index is 2680. The third-order valence-electron chi connectivity index (χ3n) is 11.2. The molecule has 26 heteroatoms. The average Bonchev–Trinajstić information content (AvgIpc) is 4.06. The van der Waals surface area contributed by atoms with Gasteiger partial charge >= 0.3 is 21.1 Å². The van der Waals surface area contributed by atoms with Gasteiger partial charge in [-0.25, -0.2) is 24.3 Å². The van der Waals surface area contributed by atoms with Crippen molar-refractivity contribution in [3.05, 3.63) is 100 Å². The number of ether oxygens (including phenoxy) is 3. The zero-order valence-electron chi connectivity index (χ0n) is 37.2. The summed E-state index contributed by atoms with van der Waals surface area (Å²) in [7, 11) is 0.189. The van der Waals surface area contributed by atoms with Gasteiger partial charge in [-0.15, -0.1) is 0 Å². The van der Waals surface area contributed by atoms with Crippen LogP contribution >= 0.6 is 27.3 Å². The summed E-state index contributed by atoms with van der Waals surface area (Å²) in [5, 5.41) is 8.35. The third-order valence-corrected chi connectivity index (χ3v) is 12.9. The number of aromatic nitrogens is 6. The molecule has 2 fully saturated rings. The maximum Gasteiger partial charge on any atom is 0.410 e. The Balaban J connectivity index is 0.895. The summed E-state index contributed by atoms with van der Waals surface area (Å²) in [6.45, 7) is -2.48. The van der Waals surface area contributed by atoms with Crippen molar-refractivity contribution in [3.63, 3.8) is 0 Å². The highest BCUT2D eigenvalue weighted by molar-refractivity contribution is 8.44. The SMILES string of the molecule is CN[C@@H](C)C(=O)Nc1ccc(COC(=O)N(C)Cc2ccccc2CC(=O)Nc2nc3c(ncn3[C@H]3CC[C@@H](CO[PH](=O)O[C@H]4C[C@H](Oc5ccncn5)C[C@@H]4CO[P@](=O)(O)S)O3)c(=O)[nH]2)cc1. The van der Waals surface area contributed by atoms with Crippen LogP contribution in [0, 0.1) is 5.92 Å². The summed E-state index contributed by atoms with van der Waals surface area (Å²) >= 11 is 3.58. The number of nitrogens with one attached hydrogen (secondary N) is 4.